The monoisotopic (exact) mass is 301 g/mol. The van der Waals surface area contributed by atoms with Crippen molar-refractivity contribution in [3.63, 3.8) is 0 Å². The van der Waals surface area contributed by atoms with Gasteiger partial charge in [0.05, 0.1) is 13.5 Å². The van der Waals surface area contributed by atoms with E-state index in [1.807, 2.05) is 0 Å². The maximum atomic E-state index is 12.3. The van der Waals surface area contributed by atoms with E-state index in [2.05, 4.69) is 24.7 Å². The largest absolute Gasteiger partial charge is 0.470 e. The lowest BCUT2D eigenvalue weighted by atomic mass is 10.1. The molecule has 0 saturated carbocycles. The van der Waals surface area contributed by atoms with Crippen LogP contribution in [0.3, 0.4) is 0 Å². The van der Waals surface area contributed by atoms with Gasteiger partial charge in [-0.1, -0.05) is 17.2 Å². The molecule has 0 aliphatic carbocycles. The lowest BCUT2D eigenvalue weighted by Gasteiger charge is -2.03. The predicted octanol–water partition coefficient (Wildman–Crippen LogP) is 2.55. The SMILES string of the molecule is COC(=O)Cc1ccc(Nc2nnc(C(F)(F)F)o2)cc1. The molecule has 0 aliphatic heterocycles. The first-order valence-electron chi connectivity index (χ1n) is 5.72. The third-order valence-corrected chi connectivity index (χ3v) is 2.45. The summed E-state index contributed by atoms with van der Waals surface area (Å²) in [5.74, 6) is -1.81. The minimum absolute atomic E-state index is 0.107. The Morgan fingerprint density at radius 3 is 2.48 bits per heavy atom. The Morgan fingerprint density at radius 2 is 1.95 bits per heavy atom. The number of hydrogen-bond donors (Lipinski definition) is 1. The number of aromatic nitrogens is 2. The number of carbonyl (C=O) groups excluding carboxylic acids is 1. The van der Waals surface area contributed by atoms with Crippen molar-refractivity contribution < 1.29 is 27.1 Å². The van der Waals surface area contributed by atoms with E-state index in [0.717, 1.165) is 0 Å². The molecule has 6 nitrogen and oxygen atoms in total. The molecule has 1 aromatic carbocycles. The topological polar surface area (TPSA) is 77.2 Å². The molecule has 0 atom stereocenters. The molecule has 0 spiro atoms. The van der Waals surface area contributed by atoms with E-state index in [1.165, 1.54) is 7.11 Å². The van der Waals surface area contributed by atoms with Gasteiger partial charge < -0.3 is 14.5 Å². The zero-order valence-electron chi connectivity index (χ0n) is 10.8. The Kier molecular flexibility index (Phi) is 4.10. The van der Waals surface area contributed by atoms with Gasteiger partial charge >= 0.3 is 24.1 Å². The van der Waals surface area contributed by atoms with Crippen LogP contribution in [0.25, 0.3) is 0 Å². The fourth-order valence-electron chi connectivity index (χ4n) is 1.46. The Bertz CT molecular complexity index is 623. The van der Waals surface area contributed by atoms with Crippen LogP contribution in [0.15, 0.2) is 28.7 Å². The second kappa shape index (κ2) is 5.81. The fraction of sp³-hybridized carbons (Fsp3) is 0.250. The molecule has 2 aromatic rings. The number of nitrogens with one attached hydrogen (secondary N) is 1. The van der Waals surface area contributed by atoms with Crippen LogP contribution >= 0.6 is 0 Å². The number of anilines is 2. The van der Waals surface area contributed by atoms with Crippen molar-refractivity contribution in [2.24, 2.45) is 0 Å². The number of hydrogen-bond acceptors (Lipinski definition) is 6. The molecule has 0 bridgehead atoms. The number of benzene rings is 1. The van der Waals surface area contributed by atoms with Gasteiger partial charge in [-0.2, -0.15) is 13.2 Å². The molecule has 0 radical (unpaired) electrons. The second-order valence-electron chi connectivity index (χ2n) is 3.98. The number of carbonyl (C=O) groups is 1. The molecule has 1 heterocycles. The molecule has 0 fully saturated rings. The zero-order valence-corrected chi connectivity index (χ0v) is 10.8. The third kappa shape index (κ3) is 3.94. The standard InChI is InChI=1S/C12H10F3N3O3/c1-20-9(19)6-7-2-4-8(5-3-7)16-11-18-17-10(21-11)12(13,14)15/h2-5H,6H2,1H3,(H,16,18). The average Bonchev–Trinajstić information content (AvgIpc) is 2.89. The Morgan fingerprint density at radius 1 is 1.29 bits per heavy atom. The molecule has 2 rings (SSSR count). The first kappa shape index (κ1) is 14.8. The number of halogens is 3. The van der Waals surface area contributed by atoms with Crippen molar-refractivity contribution >= 4 is 17.7 Å². The lowest BCUT2D eigenvalue weighted by molar-refractivity contribution is -0.156. The highest BCUT2D eigenvalue weighted by molar-refractivity contribution is 5.72. The summed E-state index contributed by atoms with van der Waals surface area (Å²) in [4.78, 5) is 11.1. The number of nitrogens with zero attached hydrogens (tertiary/aromatic N) is 2. The first-order chi connectivity index (χ1) is 9.88. The summed E-state index contributed by atoms with van der Waals surface area (Å²) in [6.45, 7) is 0. The van der Waals surface area contributed by atoms with Crippen LogP contribution in [-0.2, 0) is 22.1 Å². The Balaban J connectivity index is 2.03. The molecule has 9 heteroatoms. The number of methoxy groups -OCH3 is 1. The zero-order chi connectivity index (χ0) is 15.5. The summed E-state index contributed by atoms with van der Waals surface area (Å²) in [6.07, 6.45) is -4.58. The Labute approximate surface area is 116 Å². The molecule has 0 amide bonds. The molecule has 1 N–H and O–H groups in total. The van der Waals surface area contributed by atoms with E-state index in [4.69, 9.17) is 0 Å². The van der Waals surface area contributed by atoms with Crippen molar-refractivity contribution in [2.45, 2.75) is 12.6 Å². The lowest BCUT2D eigenvalue weighted by Crippen LogP contribution is -2.04. The summed E-state index contributed by atoms with van der Waals surface area (Å²) < 4.78 is 45.8. The summed E-state index contributed by atoms with van der Waals surface area (Å²) in [5, 5.41) is 8.66. The van der Waals surface area contributed by atoms with Gasteiger partial charge in [0, 0.05) is 5.69 Å². The fourth-order valence-corrected chi connectivity index (χ4v) is 1.46. The van der Waals surface area contributed by atoms with Gasteiger partial charge in [-0.25, -0.2) is 0 Å². The summed E-state index contributed by atoms with van der Waals surface area (Å²) >= 11 is 0. The quantitative estimate of drug-likeness (QED) is 0.874. The van der Waals surface area contributed by atoms with Crippen molar-refractivity contribution in [3.8, 4) is 0 Å². The third-order valence-electron chi connectivity index (χ3n) is 2.45. The number of rotatable bonds is 4. The van der Waals surface area contributed by atoms with E-state index in [9.17, 15) is 18.0 Å². The van der Waals surface area contributed by atoms with Gasteiger partial charge in [-0.05, 0) is 17.7 Å². The molecule has 1 aromatic heterocycles. The highest BCUT2D eigenvalue weighted by atomic mass is 19.4. The number of alkyl halides is 3. The van der Waals surface area contributed by atoms with Gasteiger partial charge in [0.1, 0.15) is 0 Å². The van der Waals surface area contributed by atoms with Gasteiger partial charge in [0.2, 0.25) is 0 Å². The molecule has 112 valence electrons. The van der Waals surface area contributed by atoms with Crippen molar-refractivity contribution in [3.05, 3.63) is 35.7 Å². The normalized spacial score (nSPS) is 11.2. The predicted molar refractivity (Wildman–Crippen MR) is 64.7 cm³/mol. The summed E-state index contributed by atoms with van der Waals surface area (Å²) in [6, 6.07) is 6.01. The van der Waals surface area contributed by atoms with E-state index in [0.29, 0.717) is 11.3 Å². The maximum Gasteiger partial charge on any atom is 0.470 e. The smallest absolute Gasteiger partial charge is 0.469 e. The molecule has 0 saturated heterocycles. The molecule has 0 aliphatic rings. The second-order valence-corrected chi connectivity index (χ2v) is 3.98. The molecule has 21 heavy (non-hydrogen) atoms. The van der Waals surface area contributed by atoms with Crippen LogP contribution in [0, 0.1) is 0 Å². The van der Waals surface area contributed by atoms with Crippen LogP contribution in [0.4, 0.5) is 24.9 Å². The average molecular weight is 301 g/mol. The summed E-state index contributed by atoms with van der Waals surface area (Å²) in [7, 11) is 1.28. The van der Waals surface area contributed by atoms with Gasteiger partial charge in [-0.15, -0.1) is 5.10 Å². The van der Waals surface area contributed by atoms with Crippen molar-refractivity contribution in [1.29, 1.82) is 0 Å². The number of ether oxygens (including phenoxy) is 1. The number of esters is 1. The highest BCUT2D eigenvalue weighted by Gasteiger charge is 2.38. The Hall–Kier alpha value is -2.58. The highest BCUT2D eigenvalue weighted by Crippen LogP contribution is 2.29. The van der Waals surface area contributed by atoms with Crippen LogP contribution < -0.4 is 5.32 Å². The van der Waals surface area contributed by atoms with Crippen LogP contribution in [0.1, 0.15) is 11.5 Å². The maximum absolute atomic E-state index is 12.3. The summed E-state index contributed by atoms with van der Waals surface area (Å²) in [5.41, 5.74) is 1.15. The van der Waals surface area contributed by atoms with Crippen LogP contribution in [-0.4, -0.2) is 23.3 Å². The minimum Gasteiger partial charge on any atom is -0.469 e. The van der Waals surface area contributed by atoms with E-state index in [1.54, 1.807) is 24.3 Å². The van der Waals surface area contributed by atoms with Gasteiger partial charge in [-0.3, -0.25) is 4.79 Å². The first-order valence-corrected chi connectivity index (χ1v) is 5.72. The van der Waals surface area contributed by atoms with E-state index in [-0.39, 0.29) is 18.4 Å². The van der Waals surface area contributed by atoms with Crippen molar-refractivity contribution in [2.75, 3.05) is 12.4 Å². The van der Waals surface area contributed by atoms with Crippen LogP contribution in [0.2, 0.25) is 0 Å². The van der Waals surface area contributed by atoms with E-state index < -0.39 is 12.1 Å². The van der Waals surface area contributed by atoms with Crippen molar-refractivity contribution in [1.82, 2.24) is 10.2 Å². The van der Waals surface area contributed by atoms with Gasteiger partial charge in [0.25, 0.3) is 0 Å². The van der Waals surface area contributed by atoms with E-state index >= 15 is 0 Å². The van der Waals surface area contributed by atoms with Crippen LogP contribution in [0.5, 0.6) is 0 Å². The molecule has 0 unspecified atom stereocenters. The van der Waals surface area contributed by atoms with Gasteiger partial charge in [0.15, 0.2) is 0 Å². The minimum atomic E-state index is -4.68. The molecular formula is C12H10F3N3O3. The molecular weight excluding hydrogens is 291 g/mol.